The Morgan fingerprint density at radius 1 is 1.21 bits per heavy atom. The molecular weight excluding hydrogens is 362 g/mol. The van der Waals surface area contributed by atoms with Crippen LogP contribution in [0.1, 0.15) is 40.5 Å². The summed E-state index contributed by atoms with van der Waals surface area (Å²) in [7, 11) is 3.17. The van der Waals surface area contributed by atoms with E-state index in [1.54, 1.807) is 38.0 Å². The van der Waals surface area contributed by atoms with Crippen molar-refractivity contribution in [3.8, 4) is 11.5 Å². The van der Waals surface area contributed by atoms with Gasteiger partial charge in [-0.1, -0.05) is 0 Å². The number of carbonyl (C=O) groups is 2. The van der Waals surface area contributed by atoms with Crippen LogP contribution in [0.4, 0.5) is 0 Å². The highest BCUT2D eigenvalue weighted by Gasteiger charge is 2.27. The first-order valence-corrected chi connectivity index (χ1v) is 9.20. The monoisotopic (exact) mass is 387 g/mol. The van der Waals surface area contributed by atoms with Crippen molar-refractivity contribution in [2.75, 3.05) is 27.3 Å². The van der Waals surface area contributed by atoms with Crippen molar-refractivity contribution >= 4 is 11.9 Å². The van der Waals surface area contributed by atoms with Crippen molar-refractivity contribution in [3.63, 3.8) is 0 Å². The summed E-state index contributed by atoms with van der Waals surface area (Å²) in [6.07, 6.45) is 3.12. The number of hydrogen-bond acceptors (Lipinski definition) is 5. The van der Waals surface area contributed by atoms with Gasteiger partial charge in [0.25, 0.3) is 0 Å². The zero-order valence-corrected chi connectivity index (χ0v) is 16.3. The topological polar surface area (TPSA) is 93.9 Å². The number of carboxylic acids is 1. The standard InChI is InChI=1S/C20H25N3O5/c1-13-17(20(25)26)12-21-23(13)15-6-8-22(9-7-15)19(24)11-14-10-16(27-2)4-5-18(14)28-3/h4-5,10,12,15H,6-9,11H2,1-3H3,(H,25,26). The fourth-order valence-corrected chi connectivity index (χ4v) is 3.66. The number of methoxy groups -OCH3 is 2. The van der Waals surface area contributed by atoms with Crippen molar-refractivity contribution in [3.05, 3.63) is 41.2 Å². The van der Waals surface area contributed by atoms with Gasteiger partial charge in [-0.05, 0) is 38.0 Å². The number of piperidine rings is 1. The third-order valence-electron chi connectivity index (χ3n) is 5.27. The number of nitrogens with zero attached hydrogens (tertiary/aromatic N) is 3. The molecule has 0 atom stereocenters. The van der Waals surface area contributed by atoms with E-state index in [0.29, 0.717) is 30.3 Å². The molecule has 28 heavy (non-hydrogen) atoms. The Bertz CT molecular complexity index is 869. The highest BCUT2D eigenvalue weighted by Crippen LogP contribution is 2.27. The van der Waals surface area contributed by atoms with Gasteiger partial charge in [0.15, 0.2) is 0 Å². The van der Waals surface area contributed by atoms with Crippen LogP contribution in [-0.2, 0) is 11.2 Å². The maximum atomic E-state index is 12.8. The molecule has 1 N–H and O–H groups in total. The lowest BCUT2D eigenvalue weighted by molar-refractivity contribution is -0.131. The zero-order valence-electron chi connectivity index (χ0n) is 16.3. The third-order valence-corrected chi connectivity index (χ3v) is 5.27. The molecule has 150 valence electrons. The summed E-state index contributed by atoms with van der Waals surface area (Å²) in [6, 6.07) is 5.53. The molecule has 1 aliphatic heterocycles. The number of rotatable bonds is 6. The van der Waals surface area contributed by atoms with Gasteiger partial charge in [-0.3, -0.25) is 9.48 Å². The summed E-state index contributed by atoms with van der Waals surface area (Å²) < 4.78 is 12.4. The van der Waals surface area contributed by atoms with Gasteiger partial charge in [-0.25, -0.2) is 4.79 Å². The second-order valence-corrected chi connectivity index (χ2v) is 6.86. The molecule has 0 radical (unpaired) electrons. The van der Waals surface area contributed by atoms with Gasteiger partial charge in [0, 0.05) is 18.7 Å². The number of carbonyl (C=O) groups excluding carboxylic acids is 1. The molecule has 8 nitrogen and oxygen atoms in total. The first kappa shape index (κ1) is 19.7. The van der Waals surface area contributed by atoms with Gasteiger partial charge in [-0.15, -0.1) is 0 Å². The summed E-state index contributed by atoms with van der Waals surface area (Å²) in [4.78, 5) is 25.8. The van der Waals surface area contributed by atoms with Gasteiger partial charge >= 0.3 is 5.97 Å². The largest absolute Gasteiger partial charge is 0.497 e. The van der Waals surface area contributed by atoms with E-state index >= 15 is 0 Å². The van der Waals surface area contributed by atoms with E-state index < -0.39 is 5.97 Å². The zero-order chi connectivity index (χ0) is 20.3. The second-order valence-electron chi connectivity index (χ2n) is 6.86. The number of aromatic nitrogens is 2. The number of hydrogen-bond donors (Lipinski definition) is 1. The molecule has 2 aromatic rings. The average molecular weight is 387 g/mol. The predicted molar refractivity (Wildman–Crippen MR) is 102 cm³/mol. The van der Waals surface area contributed by atoms with Crippen molar-refractivity contribution in [1.82, 2.24) is 14.7 Å². The van der Waals surface area contributed by atoms with Gasteiger partial charge in [0.05, 0.1) is 38.6 Å². The molecule has 0 saturated carbocycles. The van der Waals surface area contributed by atoms with E-state index in [9.17, 15) is 14.7 Å². The Morgan fingerprint density at radius 3 is 2.50 bits per heavy atom. The Kier molecular flexibility index (Phi) is 5.87. The molecule has 1 aromatic heterocycles. The van der Waals surface area contributed by atoms with Gasteiger partial charge in [0.2, 0.25) is 5.91 Å². The molecule has 0 aliphatic carbocycles. The highest BCUT2D eigenvalue weighted by molar-refractivity contribution is 5.88. The molecule has 1 saturated heterocycles. The Morgan fingerprint density at radius 2 is 1.93 bits per heavy atom. The Balaban J connectivity index is 1.64. The Labute approximate surface area is 163 Å². The molecule has 1 aliphatic rings. The van der Waals surface area contributed by atoms with Crippen LogP contribution in [0.25, 0.3) is 0 Å². The molecule has 3 rings (SSSR count). The van der Waals surface area contributed by atoms with E-state index in [1.165, 1.54) is 6.20 Å². The Hall–Kier alpha value is -3.03. The van der Waals surface area contributed by atoms with Crippen LogP contribution in [0.2, 0.25) is 0 Å². The first-order chi connectivity index (χ1) is 13.4. The third kappa shape index (κ3) is 3.95. The smallest absolute Gasteiger partial charge is 0.339 e. The van der Waals surface area contributed by atoms with E-state index in [1.807, 2.05) is 11.0 Å². The quantitative estimate of drug-likeness (QED) is 0.818. The number of aromatic carboxylic acids is 1. The first-order valence-electron chi connectivity index (χ1n) is 9.20. The number of amides is 1. The SMILES string of the molecule is COc1ccc(OC)c(CC(=O)N2CCC(n3ncc(C(=O)O)c3C)CC2)c1. The summed E-state index contributed by atoms with van der Waals surface area (Å²) in [5, 5.41) is 13.4. The number of benzene rings is 1. The summed E-state index contributed by atoms with van der Waals surface area (Å²) in [5.41, 5.74) is 1.67. The second kappa shape index (κ2) is 8.33. The lowest BCUT2D eigenvalue weighted by Crippen LogP contribution is -2.40. The van der Waals surface area contributed by atoms with Gasteiger partial charge in [0.1, 0.15) is 17.1 Å². The number of likely N-dealkylation sites (tertiary alicyclic amines) is 1. The van der Waals surface area contributed by atoms with Crippen LogP contribution in [0.3, 0.4) is 0 Å². The van der Waals surface area contributed by atoms with Crippen molar-refractivity contribution in [2.24, 2.45) is 0 Å². The molecule has 0 spiro atoms. The van der Waals surface area contributed by atoms with E-state index in [0.717, 1.165) is 18.4 Å². The summed E-state index contributed by atoms with van der Waals surface area (Å²) in [5.74, 6) is 0.417. The van der Waals surface area contributed by atoms with Gasteiger partial charge in [-0.2, -0.15) is 5.10 Å². The van der Waals surface area contributed by atoms with Crippen molar-refractivity contribution in [1.29, 1.82) is 0 Å². The van der Waals surface area contributed by atoms with Crippen molar-refractivity contribution in [2.45, 2.75) is 32.2 Å². The van der Waals surface area contributed by atoms with Crippen LogP contribution in [0.5, 0.6) is 11.5 Å². The molecule has 1 amide bonds. The van der Waals surface area contributed by atoms with Crippen molar-refractivity contribution < 1.29 is 24.2 Å². The maximum Gasteiger partial charge on any atom is 0.339 e. The molecule has 1 fully saturated rings. The van der Waals surface area contributed by atoms with E-state index in [-0.39, 0.29) is 23.9 Å². The minimum atomic E-state index is -0.969. The fraction of sp³-hybridized carbons (Fsp3) is 0.450. The lowest BCUT2D eigenvalue weighted by atomic mass is 10.0. The normalized spacial score (nSPS) is 14.8. The molecule has 1 aromatic carbocycles. The number of carboxylic acid groups (broad SMARTS) is 1. The van der Waals surface area contributed by atoms with Crippen LogP contribution in [0, 0.1) is 6.92 Å². The maximum absolute atomic E-state index is 12.8. The highest BCUT2D eigenvalue weighted by atomic mass is 16.5. The van der Waals surface area contributed by atoms with Crippen LogP contribution >= 0.6 is 0 Å². The molecule has 2 heterocycles. The molecular formula is C20H25N3O5. The van der Waals surface area contributed by atoms with Crippen LogP contribution in [0.15, 0.2) is 24.4 Å². The van der Waals surface area contributed by atoms with Crippen LogP contribution < -0.4 is 9.47 Å². The average Bonchev–Trinajstić information content (AvgIpc) is 3.09. The minimum absolute atomic E-state index is 0.0356. The van der Waals surface area contributed by atoms with E-state index in [2.05, 4.69) is 5.10 Å². The van der Waals surface area contributed by atoms with Gasteiger partial charge < -0.3 is 19.5 Å². The summed E-state index contributed by atoms with van der Waals surface area (Å²) in [6.45, 7) is 2.98. The van der Waals surface area contributed by atoms with Crippen LogP contribution in [-0.4, -0.2) is 59.0 Å². The number of ether oxygens (including phenoxy) is 2. The molecule has 0 unspecified atom stereocenters. The van der Waals surface area contributed by atoms with E-state index in [4.69, 9.17) is 9.47 Å². The summed E-state index contributed by atoms with van der Waals surface area (Å²) >= 11 is 0. The fourth-order valence-electron chi connectivity index (χ4n) is 3.66. The lowest BCUT2D eigenvalue weighted by Gasteiger charge is -2.33. The molecule has 0 bridgehead atoms. The minimum Gasteiger partial charge on any atom is -0.497 e. The predicted octanol–water partition coefficient (Wildman–Crippen LogP) is 2.31. The molecule has 8 heteroatoms.